The number of hydrogen-bond acceptors (Lipinski definition) is 2. The average molecular weight is 201 g/mol. The third-order valence-electron chi connectivity index (χ3n) is 3.24. The highest BCUT2D eigenvalue weighted by Gasteiger charge is 2.17. The maximum atomic E-state index is 4.20. The molecule has 3 heterocycles. The molecule has 0 aliphatic carbocycles. The van der Waals surface area contributed by atoms with Crippen LogP contribution >= 0.6 is 0 Å². The summed E-state index contributed by atoms with van der Waals surface area (Å²) in [5, 5.41) is 3.46. The summed E-state index contributed by atoms with van der Waals surface area (Å²) in [5.74, 6) is 0.660. The molecule has 78 valence electrons. The van der Waals surface area contributed by atoms with E-state index < -0.39 is 0 Å². The summed E-state index contributed by atoms with van der Waals surface area (Å²) in [4.78, 5) is 4.20. The number of aromatic nitrogens is 2. The predicted octanol–water partition coefficient (Wildman–Crippen LogP) is 1.80. The number of rotatable bonds is 1. The quantitative estimate of drug-likeness (QED) is 0.762. The molecule has 3 heteroatoms. The fourth-order valence-corrected chi connectivity index (χ4v) is 2.43. The Labute approximate surface area is 89.1 Å². The molecular formula is C12H15N3. The molecule has 0 aromatic carbocycles. The third-order valence-corrected chi connectivity index (χ3v) is 3.24. The lowest BCUT2D eigenvalue weighted by Crippen LogP contribution is -2.28. The maximum Gasteiger partial charge on any atom is 0.0669 e. The van der Waals surface area contributed by atoms with Gasteiger partial charge in [0.1, 0.15) is 0 Å². The van der Waals surface area contributed by atoms with E-state index in [2.05, 4.69) is 27.0 Å². The second-order valence-electron chi connectivity index (χ2n) is 4.18. The minimum Gasteiger partial charge on any atom is -0.321 e. The molecule has 3 nitrogen and oxygen atoms in total. The van der Waals surface area contributed by atoms with Crippen molar-refractivity contribution in [1.82, 2.24) is 14.7 Å². The van der Waals surface area contributed by atoms with Crippen LogP contribution in [0.5, 0.6) is 0 Å². The van der Waals surface area contributed by atoms with E-state index >= 15 is 0 Å². The summed E-state index contributed by atoms with van der Waals surface area (Å²) in [6.07, 6.45) is 10.5. The second kappa shape index (κ2) is 3.66. The van der Waals surface area contributed by atoms with Gasteiger partial charge < -0.3 is 9.72 Å². The summed E-state index contributed by atoms with van der Waals surface area (Å²) >= 11 is 0. The number of nitrogens with one attached hydrogen (secondary N) is 1. The van der Waals surface area contributed by atoms with Gasteiger partial charge in [0.2, 0.25) is 0 Å². The summed E-state index contributed by atoms with van der Waals surface area (Å²) in [6.45, 7) is 2.27. The van der Waals surface area contributed by atoms with Gasteiger partial charge in [-0.15, -0.1) is 0 Å². The van der Waals surface area contributed by atoms with Gasteiger partial charge in [0.15, 0.2) is 0 Å². The van der Waals surface area contributed by atoms with Crippen molar-refractivity contribution >= 4 is 5.52 Å². The Kier molecular flexibility index (Phi) is 2.18. The monoisotopic (exact) mass is 201 g/mol. The molecule has 15 heavy (non-hydrogen) atoms. The van der Waals surface area contributed by atoms with Crippen molar-refractivity contribution in [1.29, 1.82) is 0 Å². The van der Waals surface area contributed by atoms with Crippen LogP contribution in [0.15, 0.2) is 30.9 Å². The number of fused-ring (bicyclic) bond motifs is 1. The van der Waals surface area contributed by atoms with E-state index in [9.17, 15) is 0 Å². The van der Waals surface area contributed by atoms with Crippen LogP contribution in [0.2, 0.25) is 0 Å². The Morgan fingerprint density at radius 2 is 2.40 bits per heavy atom. The second-order valence-corrected chi connectivity index (χ2v) is 4.18. The van der Waals surface area contributed by atoms with Crippen LogP contribution in [0.3, 0.4) is 0 Å². The molecule has 1 aliphatic rings. The standard InChI is InChI=1S/C12H15N3/c1-2-10(8-13-4-1)11-3-6-15-7-5-14-9-12(11)15/h3,5-7,9-10,13H,1-2,4,8H2. The summed E-state index contributed by atoms with van der Waals surface area (Å²) in [6, 6.07) is 2.23. The zero-order valence-electron chi connectivity index (χ0n) is 8.69. The molecule has 0 spiro atoms. The molecule has 1 atom stereocenters. The lowest BCUT2D eigenvalue weighted by molar-refractivity contribution is 0.463. The SMILES string of the molecule is c1cn2ccc(C3CCCNC3)c2cn1. The van der Waals surface area contributed by atoms with Gasteiger partial charge in [-0.25, -0.2) is 0 Å². The van der Waals surface area contributed by atoms with Crippen LogP contribution in [0, 0.1) is 0 Å². The minimum atomic E-state index is 0.660. The third kappa shape index (κ3) is 1.53. The molecule has 0 bridgehead atoms. The highest BCUT2D eigenvalue weighted by Crippen LogP contribution is 2.27. The van der Waals surface area contributed by atoms with E-state index in [1.165, 1.54) is 30.5 Å². The van der Waals surface area contributed by atoms with Gasteiger partial charge in [-0.05, 0) is 36.9 Å². The topological polar surface area (TPSA) is 29.3 Å². The molecule has 2 aromatic heterocycles. The van der Waals surface area contributed by atoms with Crippen LogP contribution in [0.1, 0.15) is 24.3 Å². The Bertz CT molecular complexity index is 455. The molecule has 1 fully saturated rings. The average Bonchev–Trinajstić information content (AvgIpc) is 2.74. The largest absolute Gasteiger partial charge is 0.321 e. The maximum absolute atomic E-state index is 4.20. The Hall–Kier alpha value is -1.35. The van der Waals surface area contributed by atoms with Gasteiger partial charge in [0, 0.05) is 25.1 Å². The van der Waals surface area contributed by atoms with E-state index in [1.54, 1.807) is 0 Å². The van der Waals surface area contributed by atoms with Gasteiger partial charge in [0.05, 0.1) is 11.7 Å². The fraction of sp³-hybridized carbons (Fsp3) is 0.417. The molecule has 2 aromatic rings. The predicted molar refractivity (Wildman–Crippen MR) is 60.0 cm³/mol. The first-order chi connectivity index (χ1) is 7.45. The lowest BCUT2D eigenvalue weighted by Gasteiger charge is -2.22. The summed E-state index contributed by atoms with van der Waals surface area (Å²) < 4.78 is 2.15. The summed E-state index contributed by atoms with van der Waals surface area (Å²) in [5.41, 5.74) is 2.70. The van der Waals surface area contributed by atoms with E-state index in [0.717, 1.165) is 6.54 Å². The van der Waals surface area contributed by atoms with Crippen LogP contribution in [0.4, 0.5) is 0 Å². The fourth-order valence-electron chi connectivity index (χ4n) is 2.43. The molecule has 1 unspecified atom stereocenters. The summed E-state index contributed by atoms with van der Waals surface area (Å²) in [7, 11) is 0. The zero-order valence-corrected chi connectivity index (χ0v) is 8.69. The van der Waals surface area contributed by atoms with Crippen LogP contribution in [-0.4, -0.2) is 22.5 Å². The van der Waals surface area contributed by atoms with E-state index in [4.69, 9.17) is 0 Å². The van der Waals surface area contributed by atoms with Crippen molar-refractivity contribution < 1.29 is 0 Å². The first-order valence-electron chi connectivity index (χ1n) is 5.56. The number of nitrogens with zero attached hydrogens (tertiary/aromatic N) is 2. The van der Waals surface area contributed by atoms with Crippen LogP contribution < -0.4 is 5.32 Å². The van der Waals surface area contributed by atoms with Crippen molar-refractivity contribution in [2.45, 2.75) is 18.8 Å². The zero-order chi connectivity index (χ0) is 10.1. The lowest BCUT2D eigenvalue weighted by atomic mass is 9.93. The Morgan fingerprint density at radius 3 is 3.27 bits per heavy atom. The van der Waals surface area contributed by atoms with Crippen LogP contribution in [-0.2, 0) is 0 Å². The van der Waals surface area contributed by atoms with Gasteiger partial charge in [-0.3, -0.25) is 4.98 Å². The number of hydrogen-bond donors (Lipinski definition) is 1. The van der Waals surface area contributed by atoms with Crippen molar-refractivity contribution in [3.63, 3.8) is 0 Å². The van der Waals surface area contributed by atoms with E-state index in [0.29, 0.717) is 5.92 Å². The van der Waals surface area contributed by atoms with Crippen molar-refractivity contribution in [3.05, 3.63) is 36.4 Å². The first-order valence-corrected chi connectivity index (χ1v) is 5.56. The highest BCUT2D eigenvalue weighted by molar-refractivity contribution is 5.55. The smallest absolute Gasteiger partial charge is 0.0669 e. The van der Waals surface area contributed by atoms with E-state index in [1.807, 2.05) is 18.6 Å². The molecule has 1 aliphatic heterocycles. The van der Waals surface area contributed by atoms with Gasteiger partial charge >= 0.3 is 0 Å². The molecule has 0 amide bonds. The van der Waals surface area contributed by atoms with Gasteiger partial charge in [-0.2, -0.15) is 0 Å². The molecule has 0 saturated carbocycles. The first kappa shape index (κ1) is 8.92. The molecular weight excluding hydrogens is 186 g/mol. The number of piperidine rings is 1. The molecule has 0 radical (unpaired) electrons. The Morgan fingerprint density at radius 1 is 1.40 bits per heavy atom. The van der Waals surface area contributed by atoms with Crippen molar-refractivity contribution in [2.75, 3.05) is 13.1 Å². The Balaban J connectivity index is 2.02. The van der Waals surface area contributed by atoms with Gasteiger partial charge in [-0.1, -0.05) is 0 Å². The molecule has 1 saturated heterocycles. The molecule has 1 N–H and O–H groups in total. The van der Waals surface area contributed by atoms with Crippen LogP contribution in [0.25, 0.3) is 5.52 Å². The highest BCUT2D eigenvalue weighted by atomic mass is 14.9. The molecule has 3 rings (SSSR count). The van der Waals surface area contributed by atoms with E-state index in [-0.39, 0.29) is 0 Å². The van der Waals surface area contributed by atoms with Crippen molar-refractivity contribution in [2.24, 2.45) is 0 Å². The van der Waals surface area contributed by atoms with Crippen molar-refractivity contribution in [3.8, 4) is 0 Å². The van der Waals surface area contributed by atoms with Gasteiger partial charge in [0.25, 0.3) is 0 Å². The minimum absolute atomic E-state index is 0.660. The normalized spacial score (nSPS) is 22.0.